The predicted molar refractivity (Wildman–Crippen MR) is 68.9 cm³/mol. The molecule has 1 unspecified atom stereocenters. The van der Waals surface area contributed by atoms with E-state index in [0.29, 0.717) is 6.54 Å². The summed E-state index contributed by atoms with van der Waals surface area (Å²) in [4.78, 5) is 0. The van der Waals surface area contributed by atoms with Gasteiger partial charge in [-0.2, -0.15) is 0 Å². The first kappa shape index (κ1) is 12.7. The van der Waals surface area contributed by atoms with Crippen LogP contribution in [0.15, 0.2) is 36.7 Å². The lowest BCUT2D eigenvalue weighted by Gasteiger charge is -2.15. The molecule has 0 aliphatic rings. The van der Waals surface area contributed by atoms with Gasteiger partial charge in [0, 0.05) is 13.1 Å². The molecule has 0 aliphatic heterocycles. The van der Waals surface area contributed by atoms with Gasteiger partial charge in [-0.1, -0.05) is 30.3 Å². The molecule has 0 aliphatic carbocycles. The van der Waals surface area contributed by atoms with Crippen LogP contribution in [0.3, 0.4) is 0 Å². The Balaban J connectivity index is 1.88. The summed E-state index contributed by atoms with van der Waals surface area (Å²) in [6, 6.07) is 10.2. The molecule has 2 N–H and O–H groups in total. The summed E-state index contributed by atoms with van der Waals surface area (Å²) in [6.07, 6.45) is 2.47. The van der Waals surface area contributed by atoms with Crippen LogP contribution in [-0.4, -0.2) is 32.5 Å². The standard InChI is InChI=1S/C13H18N4O/c1-17-10-15-16-13(17)8-14-12(9-18)7-11-5-3-2-4-6-11/h2-6,10,12,14,18H,7-9H2,1H3. The van der Waals surface area contributed by atoms with E-state index in [4.69, 9.17) is 0 Å². The average Bonchev–Trinajstić information content (AvgIpc) is 2.81. The fourth-order valence-electron chi connectivity index (χ4n) is 1.80. The SMILES string of the molecule is Cn1cnnc1CNC(CO)Cc1ccccc1. The van der Waals surface area contributed by atoms with E-state index < -0.39 is 0 Å². The second-order valence-corrected chi connectivity index (χ2v) is 4.31. The minimum absolute atomic E-state index is 0.0316. The molecule has 1 aromatic heterocycles. The van der Waals surface area contributed by atoms with Gasteiger partial charge in [0.2, 0.25) is 0 Å². The summed E-state index contributed by atoms with van der Waals surface area (Å²) in [5, 5.41) is 20.5. The number of aromatic nitrogens is 3. The van der Waals surface area contributed by atoms with Crippen LogP contribution in [0.2, 0.25) is 0 Å². The summed E-state index contributed by atoms with van der Waals surface area (Å²) in [5.74, 6) is 0.863. The van der Waals surface area contributed by atoms with E-state index in [9.17, 15) is 5.11 Å². The van der Waals surface area contributed by atoms with Crippen LogP contribution in [0.25, 0.3) is 0 Å². The maximum atomic E-state index is 9.38. The van der Waals surface area contributed by atoms with Crippen molar-refractivity contribution in [2.45, 2.75) is 19.0 Å². The molecule has 2 rings (SSSR count). The van der Waals surface area contributed by atoms with E-state index in [1.165, 1.54) is 5.56 Å². The Kier molecular flexibility index (Phi) is 4.44. The summed E-state index contributed by atoms with van der Waals surface area (Å²) in [6.45, 7) is 0.710. The number of hydrogen-bond acceptors (Lipinski definition) is 4. The van der Waals surface area contributed by atoms with Gasteiger partial charge in [0.25, 0.3) is 0 Å². The van der Waals surface area contributed by atoms with Gasteiger partial charge in [-0.15, -0.1) is 10.2 Å². The third-order valence-corrected chi connectivity index (χ3v) is 2.90. The van der Waals surface area contributed by atoms with Gasteiger partial charge in [-0.25, -0.2) is 0 Å². The van der Waals surface area contributed by atoms with E-state index in [-0.39, 0.29) is 12.6 Å². The molecule has 5 nitrogen and oxygen atoms in total. The largest absolute Gasteiger partial charge is 0.395 e. The van der Waals surface area contributed by atoms with E-state index >= 15 is 0 Å². The molecule has 1 heterocycles. The number of aliphatic hydroxyl groups excluding tert-OH is 1. The Labute approximate surface area is 106 Å². The fourth-order valence-corrected chi connectivity index (χ4v) is 1.80. The average molecular weight is 246 g/mol. The Hall–Kier alpha value is -1.72. The molecule has 0 radical (unpaired) electrons. The number of rotatable bonds is 6. The van der Waals surface area contributed by atoms with Gasteiger partial charge in [-0.3, -0.25) is 0 Å². The first-order chi connectivity index (χ1) is 8.79. The third-order valence-electron chi connectivity index (χ3n) is 2.90. The molecule has 0 bridgehead atoms. The first-order valence-corrected chi connectivity index (χ1v) is 6.00. The summed E-state index contributed by atoms with van der Waals surface area (Å²) in [5.41, 5.74) is 1.21. The fraction of sp³-hybridized carbons (Fsp3) is 0.385. The van der Waals surface area contributed by atoms with E-state index in [2.05, 4.69) is 27.6 Å². The summed E-state index contributed by atoms with van der Waals surface area (Å²) >= 11 is 0. The van der Waals surface area contributed by atoms with Gasteiger partial charge < -0.3 is 15.0 Å². The highest BCUT2D eigenvalue weighted by Crippen LogP contribution is 2.03. The Bertz CT molecular complexity index is 469. The zero-order valence-electron chi connectivity index (χ0n) is 10.5. The third kappa shape index (κ3) is 3.38. The molecular weight excluding hydrogens is 228 g/mol. The van der Waals surface area contributed by atoms with Gasteiger partial charge in [0.1, 0.15) is 12.2 Å². The summed E-state index contributed by atoms with van der Waals surface area (Å²) < 4.78 is 1.87. The number of hydrogen-bond donors (Lipinski definition) is 2. The van der Waals surface area contributed by atoms with Crippen LogP contribution in [0.5, 0.6) is 0 Å². The van der Waals surface area contributed by atoms with E-state index in [0.717, 1.165) is 12.2 Å². The normalized spacial score (nSPS) is 12.6. The Morgan fingerprint density at radius 3 is 2.72 bits per heavy atom. The zero-order valence-corrected chi connectivity index (χ0v) is 10.5. The van der Waals surface area contributed by atoms with Crippen molar-refractivity contribution in [3.05, 3.63) is 48.0 Å². The minimum Gasteiger partial charge on any atom is -0.395 e. The molecule has 0 fully saturated rings. The smallest absolute Gasteiger partial charge is 0.146 e. The quantitative estimate of drug-likeness (QED) is 0.779. The lowest BCUT2D eigenvalue weighted by Crippen LogP contribution is -2.34. The lowest BCUT2D eigenvalue weighted by atomic mass is 10.1. The summed E-state index contributed by atoms with van der Waals surface area (Å²) in [7, 11) is 1.90. The van der Waals surface area contributed by atoms with Crippen molar-refractivity contribution in [2.75, 3.05) is 6.61 Å². The Morgan fingerprint density at radius 2 is 2.11 bits per heavy atom. The number of nitrogens with zero attached hydrogens (tertiary/aromatic N) is 3. The maximum absolute atomic E-state index is 9.38. The Morgan fingerprint density at radius 1 is 1.33 bits per heavy atom. The number of benzene rings is 1. The van der Waals surface area contributed by atoms with Crippen molar-refractivity contribution < 1.29 is 5.11 Å². The minimum atomic E-state index is 0.0316. The van der Waals surface area contributed by atoms with Crippen molar-refractivity contribution in [1.29, 1.82) is 0 Å². The molecule has 0 amide bonds. The van der Waals surface area contributed by atoms with Crippen molar-refractivity contribution >= 4 is 0 Å². The second-order valence-electron chi connectivity index (χ2n) is 4.31. The highest BCUT2D eigenvalue weighted by molar-refractivity contribution is 5.15. The second kappa shape index (κ2) is 6.28. The molecule has 18 heavy (non-hydrogen) atoms. The van der Waals surface area contributed by atoms with Crippen LogP contribution in [-0.2, 0) is 20.0 Å². The number of nitrogens with one attached hydrogen (secondary N) is 1. The monoisotopic (exact) mass is 246 g/mol. The molecule has 2 aromatic rings. The molecule has 0 spiro atoms. The van der Waals surface area contributed by atoms with Crippen LogP contribution >= 0.6 is 0 Å². The number of aryl methyl sites for hydroxylation is 1. The molecule has 1 atom stereocenters. The molecule has 96 valence electrons. The van der Waals surface area contributed by atoms with Gasteiger partial charge in [0.05, 0.1) is 13.2 Å². The van der Waals surface area contributed by atoms with Crippen LogP contribution in [0, 0.1) is 0 Å². The maximum Gasteiger partial charge on any atom is 0.146 e. The molecular formula is C13H18N4O. The topological polar surface area (TPSA) is 63.0 Å². The van der Waals surface area contributed by atoms with Crippen molar-refractivity contribution in [1.82, 2.24) is 20.1 Å². The van der Waals surface area contributed by atoms with Gasteiger partial charge in [0.15, 0.2) is 0 Å². The van der Waals surface area contributed by atoms with E-state index in [1.807, 2.05) is 29.8 Å². The first-order valence-electron chi connectivity index (χ1n) is 6.00. The number of aliphatic hydroxyl groups is 1. The van der Waals surface area contributed by atoms with Gasteiger partial charge in [-0.05, 0) is 12.0 Å². The van der Waals surface area contributed by atoms with Crippen LogP contribution in [0.1, 0.15) is 11.4 Å². The van der Waals surface area contributed by atoms with Crippen molar-refractivity contribution in [2.24, 2.45) is 7.05 Å². The highest BCUT2D eigenvalue weighted by Gasteiger charge is 2.09. The molecule has 5 heteroatoms. The van der Waals surface area contributed by atoms with E-state index in [1.54, 1.807) is 6.33 Å². The van der Waals surface area contributed by atoms with Crippen LogP contribution in [0.4, 0.5) is 0 Å². The molecule has 1 aromatic carbocycles. The predicted octanol–water partition coefficient (Wildman–Crippen LogP) is 0.508. The highest BCUT2D eigenvalue weighted by atomic mass is 16.3. The molecule has 0 saturated heterocycles. The van der Waals surface area contributed by atoms with Crippen molar-refractivity contribution in [3.8, 4) is 0 Å². The zero-order chi connectivity index (χ0) is 12.8. The van der Waals surface area contributed by atoms with Crippen LogP contribution < -0.4 is 5.32 Å². The molecule has 0 saturated carbocycles. The lowest BCUT2D eigenvalue weighted by molar-refractivity contribution is 0.239. The van der Waals surface area contributed by atoms with Crippen molar-refractivity contribution in [3.63, 3.8) is 0 Å². The van der Waals surface area contributed by atoms with Gasteiger partial charge >= 0.3 is 0 Å².